The van der Waals surface area contributed by atoms with Gasteiger partial charge in [-0.25, -0.2) is 13.2 Å². The largest absolute Gasteiger partial charge is 0.506 e. The molecular formula is C12H14BrF3N2O. The smallest absolute Gasteiger partial charge is 0.258 e. The molecule has 1 heterocycles. The fourth-order valence-corrected chi connectivity index (χ4v) is 2.71. The zero-order valence-corrected chi connectivity index (χ0v) is 11.6. The van der Waals surface area contributed by atoms with E-state index in [1.807, 2.05) is 0 Å². The van der Waals surface area contributed by atoms with Crippen LogP contribution >= 0.6 is 15.9 Å². The summed E-state index contributed by atoms with van der Waals surface area (Å²) in [5, 5.41) is 12.9. The van der Waals surface area contributed by atoms with E-state index in [1.165, 1.54) is 0 Å². The SMILES string of the molecule is Oc1c(Br)cc(F)cc1[C@H](C(F)F)N1CCNCC1. The van der Waals surface area contributed by atoms with Crippen LogP contribution in [0.5, 0.6) is 5.75 Å². The molecule has 2 N–H and O–H groups in total. The van der Waals surface area contributed by atoms with Gasteiger partial charge in [-0.3, -0.25) is 4.90 Å². The van der Waals surface area contributed by atoms with E-state index in [0.29, 0.717) is 26.2 Å². The average molecular weight is 339 g/mol. The van der Waals surface area contributed by atoms with Crippen molar-refractivity contribution < 1.29 is 18.3 Å². The minimum absolute atomic E-state index is 0.0798. The van der Waals surface area contributed by atoms with Crippen molar-refractivity contribution in [3.8, 4) is 5.75 Å². The molecule has 1 aromatic rings. The highest BCUT2D eigenvalue weighted by molar-refractivity contribution is 9.10. The minimum Gasteiger partial charge on any atom is -0.506 e. The number of piperazine rings is 1. The second kappa shape index (κ2) is 6.11. The predicted molar refractivity (Wildman–Crippen MR) is 69.0 cm³/mol. The molecule has 0 bridgehead atoms. The molecule has 1 aliphatic heterocycles. The summed E-state index contributed by atoms with van der Waals surface area (Å²) >= 11 is 2.97. The van der Waals surface area contributed by atoms with Gasteiger partial charge in [0.2, 0.25) is 0 Å². The predicted octanol–water partition coefficient (Wildman–Crippen LogP) is 2.51. The van der Waals surface area contributed by atoms with Gasteiger partial charge in [0.05, 0.1) is 4.47 Å². The Bertz CT molecular complexity index is 453. The van der Waals surface area contributed by atoms with E-state index >= 15 is 0 Å². The third kappa shape index (κ3) is 3.21. The lowest BCUT2D eigenvalue weighted by Gasteiger charge is -2.35. The number of rotatable bonds is 3. The molecule has 0 spiro atoms. The zero-order chi connectivity index (χ0) is 14.0. The Morgan fingerprint density at radius 3 is 2.47 bits per heavy atom. The highest BCUT2D eigenvalue weighted by atomic mass is 79.9. The van der Waals surface area contributed by atoms with Crippen LogP contribution in [0.15, 0.2) is 16.6 Å². The normalized spacial score (nSPS) is 18.8. The Morgan fingerprint density at radius 1 is 1.26 bits per heavy atom. The van der Waals surface area contributed by atoms with Crippen molar-refractivity contribution in [2.45, 2.75) is 12.5 Å². The monoisotopic (exact) mass is 338 g/mol. The number of phenolic OH excluding ortho intramolecular Hbond substituents is 1. The number of hydrogen-bond acceptors (Lipinski definition) is 3. The van der Waals surface area contributed by atoms with Crippen molar-refractivity contribution >= 4 is 15.9 Å². The third-order valence-corrected chi connectivity index (χ3v) is 3.76. The summed E-state index contributed by atoms with van der Waals surface area (Å²) in [4.78, 5) is 1.56. The zero-order valence-electron chi connectivity index (χ0n) is 10.0. The van der Waals surface area contributed by atoms with Gasteiger partial charge in [-0.1, -0.05) is 0 Å². The molecule has 3 nitrogen and oxygen atoms in total. The van der Waals surface area contributed by atoms with E-state index in [1.54, 1.807) is 4.90 Å². The van der Waals surface area contributed by atoms with Crippen LogP contribution in [-0.2, 0) is 0 Å². The van der Waals surface area contributed by atoms with E-state index in [2.05, 4.69) is 21.2 Å². The molecule has 0 aliphatic carbocycles. The first-order valence-electron chi connectivity index (χ1n) is 5.91. The van der Waals surface area contributed by atoms with Crippen LogP contribution in [0.3, 0.4) is 0 Å². The van der Waals surface area contributed by atoms with Crippen LogP contribution in [0.25, 0.3) is 0 Å². The highest BCUT2D eigenvalue weighted by Crippen LogP contribution is 2.38. The molecule has 1 atom stereocenters. The Kier molecular flexibility index (Phi) is 4.70. The first-order valence-corrected chi connectivity index (χ1v) is 6.71. The summed E-state index contributed by atoms with van der Waals surface area (Å²) in [7, 11) is 0. The second-order valence-corrected chi connectivity index (χ2v) is 5.25. The van der Waals surface area contributed by atoms with Crippen molar-refractivity contribution in [2.75, 3.05) is 26.2 Å². The topological polar surface area (TPSA) is 35.5 Å². The Morgan fingerprint density at radius 2 is 1.89 bits per heavy atom. The van der Waals surface area contributed by atoms with Gasteiger partial charge >= 0.3 is 0 Å². The van der Waals surface area contributed by atoms with Gasteiger partial charge in [-0.15, -0.1) is 0 Å². The summed E-state index contributed by atoms with van der Waals surface area (Å²) in [6, 6.07) is 0.729. The summed E-state index contributed by atoms with van der Waals surface area (Å²) in [6.07, 6.45) is -2.70. The molecule has 0 amide bonds. The molecule has 0 aromatic heterocycles. The van der Waals surface area contributed by atoms with Crippen LogP contribution in [0.1, 0.15) is 11.6 Å². The summed E-state index contributed by atoms with van der Waals surface area (Å²) in [6.45, 7) is 2.06. The Hall–Kier alpha value is -0.790. The van der Waals surface area contributed by atoms with Gasteiger partial charge in [0.15, 0.2) is 0 Å². The molecule has 0 saturated carbocycles. The highest BCUT2D eigenvalue weighted by Gasteiger charge is 2.33. The molecule has 19 heavy (non-hydrogen) atoms. The van der Waals surface area contributed by atoms with Crippen LogP contribution in [-0.4, -0.2) is 42.6 Å². The number of phenols is 1. The van der Waals surface area contributed by atoms with E-state index in [4.69, 9.17) is 0 Å². The standard InChI is InChI=1S/C12H14BrF3N2O/c13-9-6-7(14)5-8(11(9)19)10(12(15)16)18-3-1-17-2-4-18/h5-6,10,12,17,19H,1-4H2/t10-/m1/s1. The number of benzene rings is 1. The number of halogens is 4. The summed E-state index contributed by atoms with van der Waals surface area (Å²) in [5.74, 6) is -0.981. The fraction of sp³-hybridized carbons (Fsp3) is 0.500. The molecule has 106 valence electrons. The summed E-state index contributed by atoms with van der Waals surface area (Å²) < 4.78 is 40.1. The maximum atomic E-state index is 13.4. The lowest BCUT2D eigenvalue weighted by molar-refractivity contribution is 0.0168. The second-order valence-electron chi connectivity index (χ2n) is 4.39. The van der Waals surface area contributed by atoms with Crippen molar-refractivity contribution in [1.29, 1.82) is 0 Å². The fourth-order valence-electron chi connectivity index (χ4n) is 2.26. The number of aromatic hydroxyl groups is 1. The lowest BCUT2D eigenvalue weighted by atomic mass is 10.0. The van der Waals surface area contributed by atoms with Crippen LogP contribution < -0.4 is 5.32 Å². The molecule has 7 heteroatoms. The van der Waals surface area contributed by atoms with Crippen molar-refractivity contribution in [3.63, 3.8) is 0 Å². The minimum atomic E-state index is -2.70. The Labute approximate surface area is 117 Å². The van der Waals surface area contributed by atoms with Gasteiger partial charge in [0, 0.05) is 31.7 Å². The van der Waals surface area contributed by atoms with Gasteiger partial charge in [0.1, 0.15) is 17.6 Å². The number of alkyl halides is 2. The maximum Gasteiger partial charge on any atom is 0.258 e. The number of nitrogens with one attached hydrogen (secondary N) is 1. The van der Waals surface area contributed by atoms with E-state index in [0.717, 1.165) is 12.1 Å². The van der Waals surface area contributed by atoms with Gasteiger partial charge in [-0.2, -0.15) is 0 Å². The maximum absolute atomic E-state index is 13.4. The van der Waals surface area contributed by atoms with E-state index < -0.39 is 18.3 Å². The summed E-state index contributed by atoms with van der Waals surface area (Å²) in [5.41, 5.74) is -0.0798. The third-order valence-electron chi connectivity index (χ3n) is 3.16. The molecule has 1 aromatic carbocycles. The van der Waals surface area contributed by atoms with Gasteiger partial charge < -0.3 is 10.4 Å². The first kappa shape index (κ1) is 14.6. The number of nitrogens with zero attached hydrogens (tertiary/aromatic N) is 1. The molecule has 0 unspecified atom stereocenters. The van der Waals surface area contributed by atoms with Crippen LogP contribution in [0, 0.1) is 5.82 Å². The Balaban J connectivity index is 2.38. The first-order chi connectivity index (χ1) is 9.00. The van der Waals surface area contributed by atoms with Gasteiger partial charge in [0.25, 0.3) is 6.43 Å². The molecule has 1 saturated heterocycles. The van der Waals surface area contributed by atoms with E-state index in [-0.39, 0.29) is 15.8 Å². The quantitative estimate of drug-likeness (QED) is 0.888. The molecule has 0 radical (unpaired) electrons. The van der Waals surface area contributed by atoms with Crippen molar-refractivity contribution in [3.05, 3.63) is 28.0 Å². The number of hydrogen-bond donors (Lipinski definition) is 2. The molecular weight excluding hydrogens is 325 g/mol. The lowest BCUT2D eigenvalue weighted by Crippen LogP contribution is -2.46. The van der Waals surface area contributed by atoms with Crippen LogP contribution in [0.4, 0.5) is 13.2 Å². The van der Waals surface area contributed by atoms with Crippen molar-refractivity contribution in [1.82, 2.24) is 10.2 Å². The molecule has 1 fully saturated rings. The average Bonchev–Trinajstić information content (AvgIpc) is 2.36. The van der Waals surface area contributed by atoms with Gasteiger partial charge in [-0.05, 0) is 28.1 Å². The van der Waals surface area contributed by atoms with E-state index in [9.17, 15) is 18.3 Å². The van der Waals surface area contributed by atoms with Crippen LogP contribution in [0.2, 0.25) is 0 Å². The molecule has 2 rings (SSSR count). The molecule has 1 aliphatic rings. The van der Waals surface area contributed by atoms with Crippen molar-refractivity contribution in [2.24, 2.45) is 0 Å².